The number of nitrogens with one attached hydrogen (secondary N) is 1. The molecule has 0 bridgehead atoms. The zero-order valence-electron chi connectivity index (χ0n) is 11.3. The molecule has 1 N–H and O–H groups in total. The smallest absolute Gasteiger partial charge is 0.225 e. The SMILES string of the molecule is Cc1nc(N(C)C2CCC2)ncc1CNC1CC1. The minimum Gasteiger partial charge on any atom is -0.341 e. The fraction of sp³-hybridized carbons (Fsp3) is 0.714. The van der Waals surface area contributed by atoms with E-state index in [4.69, 9.17) is 0 Å². The van der Waals surface area contributed by atoms with E-state index < -0.39 is 0 Å². The molecule has 0 spiro atoms. The van der Waals surface area contributed by atoms with Gasteiger partial charge in [0.25, 0.3) is 0 Å². The topological polar surface area (TPSA) is 41.1 Å². The van der Waals surface area contributed by atoms with Crippen LogP contribution < -0.4 is 10.2 Å². The zero-order chi connectivity index (χ0) is 12.5. The molecule has 0 unspecified atom stereocenters. The summed E-state index contributed by atoms with van der Waals surface area (Å²) in [5.41, 5.74) is 2.34. The summed E-state index contributed by atoms with van der Waals surface area (Å²) in [6.07, 6.45) is 8.54. The maximum absolute atomic E-state index is 4.65. The lowest BCUT2D eigenvalue weighted by molar-refractivity contribution is 0.397. The van der Waals surface area contributed by atoms with Crippen molar-refractivity contribution in [2.45, 2.75) is 57.7 Å². The third kappa shape index (κ3) is 2.48. The average molecular weight is 246 g/mol. The van der Waals surface area contributed by atoms with Gasteiger partial charge in [0.1, 0.15) is 0 Å². The Balaban J connectivity index is 1.66. The summed E-state index contributed by atoms with van der Waals surface area (Å²) in [6.45, 7) is 2.99. The van der Waals surface area contributed by atoms with Crippen molar-refractivity contribution in [1.29, 1.82) is 0 Å². The van der Waals surface area contributed by atoms with Crippen LogP contribution in [0.5, 0.6) is 0 Å². The van der Waals surface area contributed by atoms with E-state index in [1.165, 1.54) is 37.7 Å². The average Bonchev–Trinajstić information content (AvgIpc) is 3.08. The monoisotopic (exact) mass is 246 g/mol. The van der Waals surface area contributed by atoms with Gasteiger partial charge in [0, 0.05) is 43.1 Å². The van der Waals surface area contributed by atoms with E-state index in [1.54, 1.807) is 0 Å². The molecule has 0 saturated heterocycles. The summed E-state index contributed by atoms with van der Waals surface area (Å²) >= 11 is 0. The van der Waals surface area contributed by atoms with Gasteiger partial charge in [-0.2, -0.15) is 0 Å². The van der Waals surface area contributed by atoms with Gasteiger partial charge in [0.2, 0.25) is 5.95 Å². The molecule has 98 valence electrons. The number of aromatic nitrogens is 2. The molecular weight excluding hydrogens is 224 g/mol. The maximum Gasteiger partial charge on any atom is 0.225 e. The van der Waals surface area contributed by atoms with Gasteiger partial charge >= 0.3 is 0 Å². The molecule has 1 aromatic heterocycles. The van der Waals surface area contributed by atoms with Gasteiger partial charge in [-0.25, -0.2) is 9.97 Å². The van der Waals surface area contributed by atoms with Crippen molar-refractivity contribution >= 4 is 5.95 Å². The Kier molecular flexibility index (Phi) is 3.20. The van der Waals surface area contributed by atoms with Gasteiger partial charge in [0.05, 0.1) is 0 Å². The molecule has 4 heteroatoms. The summed E-state index contributed by atoms with van der Waals surface area (Å²) < 4.78 is 0. The molecule has 0 amide bonds. The van der Waals surface area contributed by atoms with E-state index in [2.05, 4.69) is 34.2 Å². The normalized spacial score (nSPS) is 19.7. The van der Waals surface area contributed by atoms with Crippen molar-refractivity contribution < 1.29 is 0 Å². The fourth-order valence-electron chi connectivity index (χ4n) is 2.30. The van der Waals surface area contributed by atoms with Crippen LogP contribution in [0.2, 0.25) is 0 Å². The van der Waals surface area contributed by atoms with Crippen LogP contribution in [0.25, 0.3) is 0 Å². The molecule has 1 aromatic rings. The summed E-state index contributed by atoms with van der Waals surface area (Å²) in [5.74, 6) is 0.882. The van der Waals surface area contributed by atoms with Gasteiger partial charge in [-0.15, -0.1) is 0 Å². The maximum atomic E-state index is 4.65. The van der Waals surface area contributed by atoms with Gasteiger partial charge in [0.15, 0.2) is 0 Å². The second-order valence-corrected chi connectivity index (χ2v) is 5.63. The fourth-order valence-corrected chi connectivity index (χ4v) is 2.30. The Morgan fingerprint density at radius 3 is 2.67 bits per heavy atom. The Morgan fingerprint density at radius 1 is 1.33 bits per heavy atom. The second kappa shape index (κ2) is 4.84. The minimum absolute atomic E-state index is 0.653. The molecule has 18 heavy (non-hydrogen) atoms. The third-order valence-electron chi connectivity index (χ3n) is 4.16. The number of anilines is 1. The van der Waals surface area contributed by atoms with Crippen LogP contribution in [0.15, 0.2) is 6.20 Å². The number of nitrogens with zero attached hydrogens (tertiary/aromatic N) is 3. The molecule has 0 radical (unpaired) electrons. The summed E-state index contributed by atoms with van der Waals surface area (Å²) in [7, 11) is 2.11. The standard InChI is InChI=1S/C14H22N4/c1-10-11(8-15-12-6-7-12)9-16-14(17-10)18(2)13-4-3-5-13/h9,12-13,15H,3-8H2,1-2H3. The van der Waals surface area contributed by atoms with Gasteiger partial charge in [-0.05, 0) is 39.0 Å². The van der Waals surface area contributed by atoms with Crippen molar-refractivity contribution in [3.8, 4) is 0 Å². The van der Waals surface area contributed by atoms with Crippen LogP contribution in [0.3, 0.4) is 0 Å². The molecule has 0 aliphatic heterocycles. The molecule has 3 rings (SSSR count). The van der Waals surface area contributed by atoms with E-state index in [1.807, 2.05) is 6.20 Å². The Morgan fingerprint density at radius 2 is 2.11 bits per heavy atom. The van der Waals surface area contributed by atoms with E-state index >= 15 is 0 Å². The molecule has 2 aliphatic carbocycles. The van der Waals surface area contributed by atoms with Crippen LogP contribution in [0, 0.1) is 6.92 Å². The van der Waals surface area contributed by atoms with Crippen molar-refractivity contribution in [2.24, 2.45) is 0 Å². The molecule has 2 saturated carbocycles. The van der Waals surface area contributed by atoms with E-state index in [9.17, 15) is 0 Å². The largest absolute Gasteiger partial charge is 0.341 e. The van der Waals surface area contributed by atoms with Crippen LogP contribution in [0.4, 0.5) is 5.95 Å². The number of hydrogen-bond donors (Lipinski definition) is 1. The third-order valence-corrected chi connectivity index (χ3v) is 4.16. The highest BCUT2D eigenvalue weighted by molar-refractivity contribution is 5.34. The quantitative estimate of drug-likeness (QED) is 0.863. The highest BCUT2D eigenvalue weighted by Crippen LogP contribution is 2.26. The van der Waals surface area contributed by atoms with Gasteiger partial charge in [-0.3, -0.25) is 0 Å². The first kappa shape index (κ1) is 11.9. The predicted octanol–water partition coefficient (Wildman–Crippen LogP) is 2.03. The zero-order valence-corrected chi connectivity index (χ0v) is 11.3. The molecule has 0 atom stereocenters. The lowest BCUT2D eigenvalue weighted by Crippen LogP contribution is -2.38. The predicted molar refractivity (Wildman–Crippen MR) is 72.7 cm³/mol. The van der Waals surface area contributed by atoms with Gasteiger partial charge in [-0.1, -0.05) is 0 Å². The lowest BCUT2D eigenvalue weighted by Gasteiger charge is -2.34. The number of hydrogen-bond acceptors (Lipinski definition) is 4. The highest BCUT2D eigenvalue weighted by Gasteiger charge is 2.24. The van der Waals surface area contributed by atoms with Crippen LogP contribution in [-0.2, 0) is 6.54 Å². The van der Waals surface area contributed by atoms with E-state index in [-0.39, 0.29) is 0 Å². The molecule has 1 heterocycles. The number of aryl methyl sites for hydroxylation is 1. The molecule has 0 aromatic carbocycles. The Labute approximate surface area is 109 Å². The van der Waals surface area contributed by atoms with Crippen LogP contribution >= 0.6 is 0 Å². The van der Waals surface area contributed by atoms with Crippen molar-refractivity contribution in [1.82, 2.24) is 15.3 Å². The molecular formula is C14H22N4. The summed E-state index contributed by atoms with van der Waals surface area (Å²) in [4.78, 5) is 11.4. The summed E-state index contributed by atoms with van der Waals surface area (Å²) in [5, 5.41) is 3.51. The van der Waals surface area contributed by atoms with Gasteiger partial charge < -0.3 is 10.2 Å². The Hall–Kier alpha value is -1.16. The molecule has 2 aliphatic rings. The first-order chi connectivity index (χ1) is 8.74. The first-order valence-electron chi connectivity index (χ1n) is 7.03. The Bertz CT molecular complexity index is 424. The molecule has 4 nitrogen and oxygen atoms in total. The van der Waals surface area contributed by atoms with E-state index in [0.29, 0.717) is 6.04 Å². The summed E-state index contributed by atoms with van der Waals surface area (Å²) in [6, 6.07) is 1.39. The number of rotatable bonds is 5. The van der Waals surface area contributed by atoms with Crippen molar-refractivity contribution in [3.05, 3.63) is 17.5 Å². The second-order valence-electron chi connectivity index (χ2n) is 5.63. The van der Waals surface area contributed by atoms with E-state index in [0.717, 1.165) is 24.2 Å². The lowest BCUT2D eigenvalue weighted by atomic mass is 9.92. The minimum atomic E-state index is 0.653. The first-order valence-corrected chi connectivity index (χ1v) is 7.03. The highest BCUT2D eigenvalue weighted by atomic mass is 15.3. The van der Waals surface area contributed by atoms with Crippen LogP contribution in [-0.4, -0.2) is 29.1 Å². The van der Waals surface area contributed by atoms with Crippen LogP contribution in [0.1, 0.15) is 43.4 Å². The molecule has 2 fully saturated rings. The van der Waals surface area contributed by atoms with Crippen molar-refractivity contribution in [2.75, 3.05) is 11.9 Å². The van der Waals surface area contributed by atoms with Crippen molar-refractivity contribution in [3.63, 3.8) is 0 Å².